The largest absolute Gasteiger partial charge is 0.302 e. The number of ketones is 1. The minimum atomic E-state index is 0.147. The summed E-state index contributed by atoms with van der Waals surface area (Å²) < 4.78 is 0. The second kappa shape index (κ2) is 8.93. The van der Waals surface area contributed by atoms with Crippen molar-refractivity contribution in [2.24, 2.45) is 0 Å². The molecule has 154 valence electrons. The Bertz CT molecular complexity index is 1060. The maximum absolute atomic E-state index is 12.7. The summed E-state index contributed by atoms with van der Waals surface area (Å²) in [6, 6.07) is 22.3. The van der Waals surface area contributed by atoms with E-state index in [4.69, 9.17) is 23.2 Å². The molecule has 0 radical (unpaired) electrons. The standard InChI is InChI=1S/C26H25Cl2NO/c1-29(2)25-13-11-20(19-9-12-23(27)24(28)16-19)21-10-8-17(14-22(21)25)15-26(30)18-6-4-3-5-7-18/h3-10,12,14,16,20,25H,11,13,15H2,1-2H3/t20-,25-/m0/s1. The lowest BCUT2D eigenvalue weighted by molar-refractivity contribution is 0.0993. The molecule has 0 heterocycles. The van der Waals surface area contributed by atoms with Gasteiger partial charge in [0.15, 0.2) is 5.78 Å². The molecule has 0 bridgehead atoms. The number of hydrogen-bond donors (Lipinski definition) is 0. The number of Topliss-reactive ketones (excluding diaryl/α,β-unsaturated/α-hetero) is 1. The zero-order valence-electron chi connectivity index (χ0n) is 17.2. The molecule has 1 aliphatic carbocycles. The fourth-order valence-corrected chi connectivity index (χ4v) is 4.81. The van der Waals surface area contributed by atoms with E-state index in [0.29, 0.717) is 22.5 Å². The molecule has 0 N–H and O–H groups in total. The molecule has 0 aromatic heterocycles. The lowest BCUT2D eigenvalue weighted by Crippen LogP contribution is -2.26. The molecular formula is C26H25Cl2NO. The Labute approximate surface area is 188 Å². The molecule has 3 aromatic carbocycles. The first kappa shape index (κ1) is 21.1. The summed E-state index contributed by atoms with van der Waals surface area (Å²) in [4.78, 5) is 15.0. The number of fused-ring (bicyclic) bond motifs is 1. The number of carbonyl (C=O) groups excluding carboxylic acids is 1. The van der Waals surface area contributed by atoms with Gasteiger partial charge in [-0.1, -0.05) is 77.8 Å². The van der Waals surface area contributed by atoms with Crippen LogP contribution in [0.4, 0.5) is 0 Å². The van der Waals surface area contributed by atoms with Gasteiger partial charge in [-0.2, -0.15) is 0 Å². The molecule has 30 heavy (non-hydrogen) atoms. The Morgan fingerprint density at radius 3 is 2.37 bits per heavy atom. The molecule has 4 rings (SSSR count). The van der Waals surface area contributed by atoms with Gasteiger partial charge in [-0.3, -0.25) is 4.79 Å². The van der Waals surface area contributed by atoms with Gasteiger partial charge in [0.05, 0.1) is 10.0 Å². The smallest absolute Gasteiger partial charge is 0.167 e. The first-order valence-electron chi connectivity index (χ1n) is 10.3. The normalized spacial score (nSPS) is 18.3. The van der Waals surface area contributed by atoms with Crippen LogP contribution in [-0.2, 0) is 6.42 Å². The first-order chi connectivity index (χ1) is 14.4. The predicted molar refractivity (Wildman–Crippen MR) is 125 cm³/mol. The van der Waals surface area contributed by atoms with Crippen molar-refractivity contribution in [2.45, 2.75) is 31.2 Å². The van der Waals surface area contributed by atoms with Crippen molar-refractivity contribution < 1.29 is 4.79 Å². The number of benzene rings is 3. The lowest BCUT2D eigenvalue weighted by Gasteiger charge is -2.36. The molecule has 3 aromatic rings. The summed E-state index contributed by atoms with van der Waals surface area (Å²) in [5.74, 6) is 0.429. The van der Waals surface area contributed by atoms with Gasteiger partial charge in [0, 0.05) is 23.9 Å². The van der Waals surface area contributed by atoms with E-state index in [1.807, 2.05) is 42.5 Å². The lowest BCUT2D eigenvalue weighted by atomic mass is 9.75. The van der Waals surface area contributed by atoms with Crippen LogP contribution in [0.5, 0.6) is 0 Å². The summed E-state index contributed by atoms with van der Waals surface area (Å²) in [5, 5.41) is 1.17. The Hall–Kier alpha value is -2.13. The van der Waals surface area contributed by atoms with Crippen molar-refractivity contribution in [3.8, 4) is 0 Å². The predicted octanol–water partition coefficient (Wildman–Crippen LogP) is 6.95. The molecule has 0 fully saturated rings. The van der Waals surface area contributed by atoms with Crippen LogP contribution < -0.4 is 0 Å². The maximum atomic E-state index is 12.7. The molecule has 0 spiro atoms. The van der Waals surface area contributed by atoms with Gasteiger partial charge < -0.3 is 4.90 Å². The van der Waals surface area contributed by atoms with E-state index in [0.717, 1.165) is 24.0 Å². The van der Waals surface area contributed by atoms with Crippen LogP contribution in [0, 0.1) is 0 Å². The molecule has 2 nitrogen and oxygen atoms in total. The van der Waals surface area contributed by atoms with Gasteiger partial charge in [0.25, 0.3) is 0 Å². The van der Waals surface area contributed by atoms with Crippen LogP contribution in [0.3, 0.4) is 0 Å². The van der Waals surface area contributed by atoms with Crippen LogP contribution in [0.25, 0.3) is 0 Å². The van der Waals surface area contributed by atoms with Crippen molar-refractivity contribution in [2.75, 3.05) is 14.1 Å². The molecule has 1 aliphatic rings. The van der Waals surface area contributed by atoms with Gasteiger partial charge >= 0.3 is 0 Å². The van der Waals surface area contributed by atoms with Gasteiger partial charge in [-0.15, -0.1) is 0 Å². The summed E-state index contributed by atoms with van der Waals surface area (Å²) in [6.07, 6.45) is 2.52. The second-order valence-corrected chi connectivity index (χ2v) is 9.03. The number of carbonyl (C=O) groups is 1. The van der Waals surface area contributed by atoms with Crippen LogP contribution in [0.15, 0.2) is 66.7 Å². The third kappa shape index (κ3) is 4.32. The Morgan fingerprint density at radius 1 is 0.900 bits per heavy atom. The van der Waals surface area contributed by atoms with Crippen molar-refractivity contribution >= 4 is 29.0 Å². The van der Waals surface area contributed by atoms with Crippen molar-refractivity contribution in [3.05, 3.63) is 105 Å². The van der Waals surface area contributed by atoms with Crippen LogP contribution in [0.1, 0.15) is 57.4 Å². The molecule has 0 amide bonds. The molecule has 0 saturated heterocycles. The minimum absolute atomic E-state index is 0.147. The number of nitrogens with zero attached hydrogens (tertiary/aromatic N) is 1. The summed E-state index contributed by atoms with van der Waals surface area (Å²) in [7, 11) is 4.24. The van der Waals surface area contributed by atoms with Crippen molar-refractivity contribution in [1.82, 2.24) is 4.90 Å². The quantitative estimate of drug-likeness (QED) is 0.402. The highest BCUT2D eigenvalue weighted by atomic mass is 35.5. The van der Waals surface area contributed by atoms with Gasteiger partial charge in [0.1, 0.15) is 0 Å². The molecular weight excluding hydrogens is 413 g/mol. The van der Waals surface area contributed by atoms with E-state index < -0.39 is 0 Å². The van der Waals surface area contributed by atoms with E-state index in [2.05, 4.69) is 43.3 Å². The highest BCUT2D eigenvalue weighted by Crippen LogP contribution is 2.44. The van der Waals surface area contributed by atoms with Crippen LogP contribution in [0.2, 0.25) is 10.0 Å². The van der Waals surface area contributed by atoms with E-state index in [1.54, 1.807) is 0 Å². The van der Waals surface area contributed by atoms with Gasteiger partial charge in [-0.05, 0) is 61.3 Å². The summed E-state index contributed by atoms with van der Waals surface area (Å²) in [5.41, 5.74) is 5.63. The van der Waals surface area contributed by atoms with Crippen LogP contribution in [-0.4, -0.2) is 24.8 Å². The fourth-order valence-electron chi connectivity index (χ4n) is 4.50. The summed E-state index contributed by atoms with van der Waals surface area (Å²) in [6.45, 7) is 0. The molecule has 0 saturated carbocycles. The average Bonchev–Trinajstić information content (AvgIpc) is 2.75. The van der Waals surface area contributed by atoms with Crippen molar-refractivity contribution in [3.63, 3.8) is 0 Å². The molecule has 0 unspecified atom stereocenters. The number of hydrogen-bond acceptors (Lipinski definition) is 2. The third-order valence-electron chi connectivity index (χ3n) is 6.04. The van der Waals surface area contributed by atoms with Crippen LogP contribution >= 0.6 is 23.2 Å². The SMILES string of the molecule is CN(C)[C@H]1CC[C@@H](c2ccc(Cl)c(Cl)c2)c2ccc(CC(=O)c3ccccc3)cc21. The first-order valence-corrected chi connectivity index (χ1v) is 11.0. The van der Waals surface area contributed by atoms with E-state index >= 15 is 0 Å². The molecule has 4 heteroatoms. The zero-order valence-corrected chi connectivity index (χ0v) is 18.8. The van der Waals surface area contributed by atoms with E-state index in [1.165, 1.54) is 16.7 Å². The fraction of sp³-hybridized carbons (Fsp3) is 0.269. The van der Waals surface area contributed by atoms with E-state index in [-0.39, 0.29) is 11.7 Å². The monoisotopic (exact) mass is 437 g/mol. The third-order valence-corrected chi connectivity index (χ3v) is 6.78. The topological polar surface area (TPSA) is 20.3 Å². The average molecular weight is 438 g/mol. The van der Waals surface area contributed by atoms with Crippen molar-refractivity contribution in [1.29, 1.82) is 0 Å². The Balaban J connectivity index is 1.69. The molecule has 2 atom stereocenters. The highest BCUT2D eigenvalue weighted by Gasteiger charge is 2.30. The molecule has 0 aliphatic heterocycles. The minimum Gasteiger partial charge on any atom is -0.302 e. The van der Waals surface area contributed by atoms with Gasteiger partial charge in [0.2, 0.25) is 0 Å². The Morgan fingerprint density at radius 2 is 1.67 bits per heavy atom. The van der Waals surface area contributed by atoms with E-state index in [9.17, 15) is 4.79 Å². The number of rotatable bonds is 5. The Kier molecular flexibility index (Phi) is 6.29. The maximum Gasteiger partial charge on any atom is 0.167 e. The zero-order chi connectivity index (χ0) is 21.3. The summed E-state index contributed by atoms with van der Waals surface area (Å²) >= 11 is 12.4. The second-order valence-electron chi connectivity index (χ2n) is 8.21. The number of halogens is 2. The van der Waals surface area contributed by atoms with Gasteiger partial charge in [-0.25, -0.2) is 0 Å². The highest BCUT2D eigenvalue weighted by molar-refractivity contribution is 6.42.